The van der Waals surface area contributed by atoms with Crippen LogP contribution in [0.25, 0.3) is 0 Å². The van der Waals surface area contributed by atoms with E-state index < -0.39 is 11.9 Å². The fraction of sp³-hybridized carbons (Fsp3) is 0.357. The lowest BCUT2D eigenvalue weighted by molar-refractivity contribution is -0.133. The zero-order valence-electron chi connectivity index (χ0n) is 11.5. The fourth-order valence-electron chi connectivity index (χ4n) is 2.12. The summed E-state index contributed by atoms with van der Waals surface area (Å²) in [6.45, 7) is 3.80. The summed E-state index contributed by atoms with van der Waals surface area (Å²) in [5.41, 5.74) is 3.49. The number of para-hydroxylation sites is 1. The summed E-state index contributed by atoms with van der Waals surface area (Å²) in [6, 6.07) is 6.29. The Labute approximate surface area is 117 Å². The average molecular weight is 275 g/mol. The standard InChI is InChI=1S/C14H17N3O3/c1-3-10-8-17(9(2)13(18)16-20)14(19)11-6-4-5-7-12(11)15-10/h4-7,9,20H,3,8H2,1-2H3,(H,16,18). The third kappa shape index (κ3) is 2.55. The number of amides is 2. The average Bonchev–Trinajstić information content (AvgIpc) is 2.63. The molecule has 0 spiro atoms. The van der Waals surface area contributed by atoms with Crippen molar-refractivity contribution in [1.82, 2.24) is 10.4 Å². The van der Waals surface area contributed by atoms with Crippen LogP contribution in [0.5, 0.6) is 0 Å². The molecule has 1 heterocycles. The summed E-state index contributed by atoms with van der Waals surface area (Å²) in [6.07, 6.45) is 0.686. The molecule has 1 aliphatic rings. The lowest BCUT2D eigenvalue weighted by Crippen LogP contribution is -2.48. The highest BCUT2D eigenvalue weighted by Crippen LogP contribution is 2.25. The highest BCUT2D eigenvalue weighted by molar-refractivity contribution is 6.06. The SMILES string of the molecule is CCC1=Nc2ccccc2C(=O)N(C(C)C(=O)NO)C1. The Morgan fingerprint density at radius 1 is 1.50 bits per heavy atom. The van der Waals surface area contributed by atoms with Crippen molar-refractivity contribution in [2.45, 2.75) is 26.3 Å². The molecule has 2 N–H and O–H groups in total. The van der Waals surface area contributed by atoms with Crippen LogP contribution in [-0.2, 0) is 4.79 Å². The number of carbonyl (C=O) groups excluding carboxylic acids is 2. The highest BCUT2D eigenvalue weighted by atomic mass is 16.5. The molecule has 1 atom stereocenters. The van der Waals surface area contributed by atoms with Crippen molar-refractivity contribution in [3.8, 4) is 0 Å². The van der Waals surface area contributed by atoms with Gasteiger partial charge >= 0.3 is 0 Å². The van der Waals surface area contributed by atoms with Gasteiger partial charge in [0.15, 0.2) is 0 Å². The molecule has 1 aromatic rings. The van der Waals surface area contributed by atoms with E-state index in [1.165, 1.54) is 4.90 Å². The number of nitrogens with one attached hydrogen (secondary N) is 1. The van der Waals surface area contributed by atoms with Crippen molar-refractivity contribution in [2.75, 3.05) is 6.54 Å². The zero-order valence-corrected chi connectivity index (χ0v) is 11.5. The molecule has 1 unspecified atom stereocenters. The van der Waals surface area contributed by atoms with Gasteiger partial charge in [-0.2, -0.15) is 0 Å². The first-order chi connectivity index (χ1) is 9.58. The zero-order chi connectivity index (χ0) is 14.7. The topological polar surface area (TPSA) is 82.0 Å². The molecule has 6 heteroatoms. The van der Waals surface area contributed by atoms with Gasteiger partial charge in [0.25, 0.3) is 11.8 Å². The van der Waals surface area contributed by atoms with Gasteiger partial charge in [-0.05, 0) is 25.5 Å². The molecule has 0 fully saturated rings. The van der Waals surface area contributed by atoms with Gasteiger partial charge in [0.1, 0.15) is 6.04 Å². The van der Waals surface area contributed by atoms with Gasteiger partial charge in [-0.3, -0.25) is 19.8 Å². The first-order valence-electron chi connectivity index (χ1n) is 6.48. The quantitative estimate of drug-likeness (QED) is 0.648. The van der Waals surface area contributed by atoms with E-state index >= 15 is 0 Å². The van der Waals surface area contributed by atoms with Crippen LogP contribution in [-0.4, -0.2) is 40.2 Å². The molecule has 0 aliphatic carbocycles. The Bertz CT molecular complexity index is 569. The van der Waals surface area contributed by atoms with Crippen molar-refractivity contribution < 1.29 is 14.8 Å². The summed E-state index contributed by atoms with van der Waals surface area (Å²) in [4.78, 5) is 30.0. The third-order valence-corrected chi connectivity index (χ3v) is 3.39. The summed E-state index contributed by atoms with van der Waals surface area (Å²) in [5, 5.41) is 8.74. The maximum Gasteiger partial charge on any atom is 0.265 e. The largest absolute Gasteiger partial charge is 0.321 e. The first kappa shape index (κ1) is 14.2. The Hall–Kier alpha value is -2.21. The van der Waals surface area contributed by atoms with Gasteiger partial charge < -0.3 is 4.90 Å². The monoisotopic (exact) mass is 275 g/mol. The van der Waals surface area contributed by atoms with E-state index in [0.717, 1.165) is 5.71 Å². The molecule has 20 heavy (non-hydrogen) atoms. The van der Waals surface area contributed by atoms with Gasteiger partial charge in [0, 0.05) is 5.71 Å². The normalized spacial score (nSPS) is 16.1. The predicted molar refractivity (Wildman–Crippen MR) is 74.3 cm³/mol. The lowest BCUT2D eigenvalue weighted by atomic mass is 10.1. The molecule has 2 amide bonds. The van der Waals surface area contributed by atoms with E-state index in [9.17, 15) is 9.59 Å². The van der Waals surface area contributed by atoms with Gasteiger partial charge in [-0.1, -0.05) is 19.1 Å². The summed E-state index contributed by atoms with van der Waals surface area (Å²) >= 11 is 0. The third-order valence-electron chi connectivity index (χ3n) is 3.39. The Balaban J connectivity index is 2.45. The van der Waals surface area contributed by atoms with Gasteiger partial charge in [0.2, 0.25) is 0 Å². The predicted octanol–water partition coefficient (Wildman–Crippen LogP) is 1.52. The van der Waals surface area contributed by atoms with E-state index in [1.54, 1.807) is 30.6 Å². The Kier molecular flexibility index (Phi) is 4.14. The van der Waals surface area contributed by atoms with Crippen LogP contribution in [0.1, 0.15) is 30.6 Å². The molecule has 2 rings (SSSR count). The number of fused-ring (bicyclic) bond motifs is 1. The summed E-state index contributed by atoms with van der Waals surface area (Å²) in [5.74, 6) is -0.878. The van der Waals surface area contributed by atoms with Crippen LogP contribution in [0, 0.1) is 0 Å². The van der Waals surface area contributed by atoms with Gasteiger partial charge in [-0.15, -0.1) is 0 Å². The molecular weight excluding hydrogens is 258 g/mol. The maximum absolute atomic E-state index is 12.6. The number of hydrogen-bond donors (Lipinski definition) is 2. The summed E-state index contributed by atoms with van der Waals surface area (Å²) < 4.78 is 0. The van der Waals surface area contributed by atoms with Crippen molar-refractivity contribution in [3.05, 3.63) is 29.8 Å². The van der Waals surface area contributed by atoms with Gasteiger partial charge in [-0.25, -0.2) is 5.48 Å². The number of hydroxylamine groups is 1. The van der Waals surface area contributed by atoms with Crippen LogP contribution in [0.15, 0.2) is 29.3 Å². The second-order valence-corrected chi connectivity index (χ2v) is 4.63. The Morgan fingerprint density at radius 2 is 2.20 bits per heavy atom. The first-order valence-corrected chi connectivity index (χ1v) is 6.48. The molecular formula is C14H17N3O3. The second kappa shape index (κ2) is 5.83. The van der Waals surface area contributed by atoms with Crippen molar-refractivity contribution in [3.63, 3.8) is 0 Å². The molecule has 0 saturated carbocycles. The number of carbonyl (C=O) groups is 2. The molecule has 1 aliphatic heterocycles. The molecule has 106 valence electrons. The van der Waals surface area contributed by atoms with Crippen molar-refractivity contribution >= 4 is 23.2 Å². The van der Waals surface area contributed by atoms with Crippen LogP contribution in [0.4, 0.5) is 5.69 Å². The van der Waals surface area contributed by atoms with Gasteiger partial charge in [0.05, 0.1) is 17.8 Å². The molecule has 0 radical (unpaired) electrons. The number of aliphatic imine (C=N–C) groups is 1. The molecule has 6 nitrogen and oxygen atoms in total. The van der Waals surface area contributed by atoms with E-state index in [0.29, 0.717) is 17.7 Å². The van der Waals surface area contributed by atoms with Crippen LogP contribution < -0.4 is 5.48 Å². The number of hydrogen-bond acceptors (Lipinski definition) is 4. The van der Waals surface area contributed by atoms with Crippen LogP contribution in [0.2, 0.25) is 0 Å². The highest BCUT2D eigenvalue weighted by Gasteiger charge is 2.30. The number of benzene rings is 1. The molecule has 0 saturated heterocycles. The van der Waals surface area contributed by atoms with E-state index in [-0.39, 0.29) is 12.5 Å². The van der Waals surface area contributed by atoms with E-state index in [1.807, 2.05) is 13.0 Å². The minimum atomic E-state index is -0.768. The summed E-state index contributed by atoms with van der Waals surface area (Å²) in [7, 11) is 0. The molecule has 0 bridgehead atoms. The molecule has 1 aromatic carbocycles. The Morgan fingerprint density at radius 3 is 2.85 bits per heavy atom. The van der Waals surface area contributed by atoms with E-state index in [4.69, 9.17) is 5.21 Å². The number of rotatable bonds is 3. The number of nitrogens with zero attached hydrogens (tertiary/aromatic N) is 2. The lowest BCUT2D eigenvalue weighted by Gasteiger charge is -2.26. The maximum atomic E-state index is 12.6. The van der Waals surface area contributed by atoms with Crippen LogP contribution in [0.3, 0.4) is 0 Å². The van der Waals surface area contributed by atoms with Crippen molar-refractivity contribution in [2.24, 2.45) is 4.99 Å². The smallest absolute Gasteiger partial charge is 0.265 e. The van der Waals surface area contributed by atoms with Crippen molar-refractivity contribution in [1.29, 1.82) is 0 Å². The second-order valence-electron chi connectivity index (χ2n) is 4.63. The minimum Gasteiger partial charge on any atom is -0.321 e. The fourth-order valence-corrected chi connectivity index (χ4v) is 2.12. The molecule has 0 aromatic heterocycles. The van der Waals surface area contributed by atoms with Crippen LogP contribution >= 0.6 is 0 Å². The van der Waals surface area contributed by atoms with E-state index in [2.05, 4.69) is 4.99 Å². The minimum absolute atomic E-state index is 0.260.